The van der Waals surface area contributed by atoms with Crippen LogP contribution in [-0.4, -0.2) is 30.1 Å². The van der Waals surface area contributed by atoms with Crippen molar-refractivity contribution in [1.29, 1.82) is 0 Å². The van der Waals surface area contributed by atoms with Crippen LogP contribution in [0.3, 0.4) is 0 Å². The highest BCUT2D eigenvalue weighted by atomic mass is 16.5. The second-order valence-electron chi connectivity index (χ2n) is 4.33. The van der Waals surface area contributed by atoms with Crippen LogP contribution < -0.4 is 15.8 Å². The van der Waals surface area contributed by atoms with Crippen molar-refractivity contribution in [2.24, 2.45) is 5.73 Å². The standard InChI is InChI=1S/C13H18N2O4/c1-7-5-11(19-3)8(2)4-10(7)15-12(16)6-9(14)13(17)18/h4-5,9H,6,14H2,1-3H3,(H,15,16)(H,17,18). The maximum Gasteiger partial charge on any atom is 0.321 e. The molecule has 6 nitrogen and oxygen atoms in total. The number of aliphatic carboxylic acids is 1. The molecule has 19 heavy (non-hydrogen) atoms. The molecule has 104 valence electrons. The van der Waals surface area contributed by atoms with Gasteiger partial charge in [-0.2, -0.15) is 0 Å². The van der Waals surface area contributed by atoms with E-state index in [1.165, 1.54) is 0 Å². The molecule has 0 saturated carbocycles. The average Bonchev–Trinajstić information content (AvgIpc) is 2.33. The van der Waals surface area contributed by atoms with Crippen molar-refractivity contribution in [2.75, 3.05) is 12.4 Å². The molecular weight excluding hydrogens is 248 g/mol. The van der Waals surface area contributed by atoms with Crippen LogP contribution in [-0.2, 0) is 9.59 Å². The topological polar surface area (TPSA) is 102 Å². The van der Waals surface area contributed by atoms with Gasteiger partial charge in [-0.05, 0) is 37.1 Å². The molecule has 0 spiro atoms. The van der Waals surface area contributed by atoms with Gasteiger partial charge in [0, 0.05) is 5.69 Å². The monoisotopic (exact) mass is 266 g/mol. The van der Waals surface area contributed by atoms with Crippen LogP contribution in [0.5, 0.6) is 5.75 Å². The van der Waals surface area contributed by atoms with E-state index < -0.39 is 17.9 Å². The van der Waals surface area contributed by atoms with E-state index in [4.69, 9.17) is 15.6 Å². The molecule has 4 N–H and O–H groups in total. The van der Waals surface area contributed by atoms with E-state index in [9.17, 15) is 9.59 Å². The zero-order valence-electron chi connectivity index (χ0n) is 11.2. The van der Waals surface area contributed by atoms with Crippen LogP contribution >= 0.6 is 0 Å². The molecule has 1 atom stereocenters. The number of ether oxygens (including phenoxy) is 1. The molecule has 0 aliphatic carbocycles. The van der Waals surface area contributed by atoms with E-state index in [2.05, 4.69) is 5.32 Å². The van der Waals surface area contributed by atoms with Gasteiger partial charge in [-0.3, -0.25) is 9.59 Å². The quantitative estimate of drug-likeness (QED) is 0.739. The molecule has 0 saturated heterocycles. The third kappa shape index (κ3) is 3.96. The van der Waals surface area contributed by atoms with Crippen molar-refractivity contribution in [3.63, 3.8) is 0 Å². The summed E-state index contributed by atoms with van der Waals surface area (Å²) in [4.78, 5) is 22.2. The van der Waals surface area contributed by atoms with E-state index in [1.54, 1.807) is 13.2 Å². The molecule has 1 unspecified atom stereocenters. The van der Waals surface area contributed by atoms with Crippen molar-refractivity contribution < 1.29 is 19.4 Å². The van der Waals surface area contributed by atoms with Crippen molar-refractivity contribution in [1.82, 2.24) is 0 Å². The Morgan fingerprint density at radius 3 is 2.53 bits per heavy atom. The number of rotatable bonds is 5. The van der Waals surface area contributed by atoms with Crippen LogP contribution in [0.2, 0.25) is 0 Å². The van der Waals surface area contributed by atoms with Gasteiger partial charge in [0.15, 0.2) is 0 Å². The van der Waals surface area contributed by atoms with E-state index >= 15 is 0 Å². The number of aryl methyl sites for hydroxylation is 2. The van der Waals surface area contributed by atoms with Gasteiger partial charge in [-0.15, -0.1) is 0 Å². The van der Waals surface area contributed by atoms with Crippen LogP contribution in [0.25, 0.3) is 0 Å². The number of carboxylic acids is 1. The van der Waals surface area contributed by atoms with Gasteiger partial charge in [-0.1, -0.05) is 0 Å². The summed E-state index contributed by atoms with van der Waals surface area (Å²) in [5.74, 6) is -0.891. The largest absolute Gasteiger partial charge is 0.496 e. The Bertz CT molecular complexity index is 500. The van der Waals surface area contributed by atoms with Gasteiger partial charge in [0.1, 0.15) is 11.8 Å². The minimum Gasteiger partial charge on any atom is -0.496 e. The summed E-state index contributed by atoms with van der Waals surface area (Å²) >= 11 is 0. The van der Waals surface area contributed by atoms with Gasteiger partial charge in [-0.25, -0.2) is 0 Å². The third-order valence-electron chi connectivity index (χ3n) is 2.74. The molecule has 0 aliphatic rings. The van der Waals surface area contributed by atoms with E-state index in [0.29, 0.717) is 5.69 Å². The van der Waals surface area contributed by atoms with Crippen molar-refractivity contribution >= 4 is 17.6 Å². The van der Waals surface area contributed by atoms with E-state index in [1.807, 2.05) is 19.9 Å². The maximum absolute atomic E-state index is 11.7. The first-order valence-corrected chi connectivity index (χ1v) is 5.78. The fourth-order valence-corrected chi connectivity index (χ4v) is 1.63. The number of methoxy groups -OCH3 is 1. The Kier molecular flexibility index (Phi) is 4.88. The van der Waals surface area contributed by atoms with Gasteiger partial charge >= 0.3 is 5.97 Å². The number of amides is 1. The zero-order chi connectivity index (χ0) is 14.6. The Hall–Kier alpha value is -2.08. The number of hydrogen-bond donors (Lipinski definition) is 3. The lowest BCUT2D eigenvalue weighted by Crippen LogP contribution is -2.34. The Morgan fingerprint density at radius 1 is 1.37 bits per heavy atom. The van der Waals surface area contributed by atoms with Crippen molar-refractivity contribution in [3.8, 4) is 5.75 Å². The number of anilines is 1. The number of nitrogens with two attached hydrogens (primary N) is 1. The Morgan fingerprint density at radius 2 is 2.00 bits per heavy atom. The molecule has 0 fully saturated rings. The summed E-state index contributed by atoms with van der Waals surface area (Å²) < 4.78 is 5.17. The molecule has 1 aromatic rings. The highest BCUT2D eigenvalue weighted by molar-refractivity contribution is 5.94. The second kappa shape index (κ2) is 6.19. The molecular formula is C13H18N2O4. The van der Waals surface area contributed by atoms with E-state index in [0.717, 1.165) is 16.9 Å². The minimum atomic E-state index is -1.20. The number of benzene rings is 1. The lowest BCUT2D eigenvalue weighted by molar-refractivity contribution is -0.140. The maximum atomic E-state index is 11.7. The first-order valence-electron chi connectivity index (χ1n) is 5.78. The molecule has 1 amide bonds. The SMILES string of the molecule is COc1cc(C)c(NC(=O)CC(N)C(=O)O)cc1C. The van der Waals surface area contributed by atoms with Gasteiger partial charge in [0.2, 0.25) is 5.91 Å². The van der Waals surface area contributed by atoms with Crippen molar-refractivity contribution in [3.05, 3.63) is 23.3 Å². The average molecular weight is 266 g/mol. The van der Waals surface area contributed by atoms with Crippen LogP contribution in [0.15, 0.2) is 12.1 Å². The predicted molar refractivity (Wildman–Crippen MR) is 71.3 cm³/mol. The van der Waals surface area contributed by atoms with E-state index in [-0.39, 0.29) is 6.42 Å². The third-order valence-corrected chi connectivity index (χ3v) is 2.74. The number of hydrogen-bond acceptors (Lipinski definition) is 4. The lowest BCUT2D eigenvalue weighted by Gasteiger charge is -2.13. The summed E-state index contributed by atoms with van der Waals surface area (Å²) in [5.41, 5.74) is 7.64. The zero-order valence-corrected chi connectivity index (χ0v) is 11.2. The number of nitrogens with one attached hydrogen (secondary N) is 1. The Labute approximate surface area is 111 Å². The molecule has 0 aromatic heterocycles. The number of carbonyl (C=O) groups is 2. The van der Waals surface area contributed by atoms with Crippen LogP contribution in [0.1, 0.15) is 17.5 Å². The summed E-state index contributed by atoms with van der Waals surface area (Å²) in [6.07, 6.45) is -0.264. The summed E-state index contributed by atoms with van der Waals surface area (Å²) in [6.45, 7) is 3.69. The van der Waals surface area contributed by atoms with Gasteiger partial charge in [0.05, 0.1) is 13.5 Å². The normalized spacial score (nSPS) is 11.8. The van der Waals surface area contributed by atoms with Gasteiger partial charge in [0.25, 0.3) is 0 Å². The summed E-state index contributed by atoms with van der Waals surface area (Å²) in [5, 5.41) is 11.3. The molecule has 1 aromatic carbocycles. The fourth-order valence-electron chi connectivity index (χ4n) is 1.63. The molecule has 0 bridgehead atoms. The summed E-state index contributed by atoms with van der Waals surface area (Å²) in [6, 6.07) is 2.39. The fraction of sp³-hybridized carbons (Fsp3) is 0.385. The highest BCUT2D eigenvalue weighted by Crippen LogP contribution is 2.25. The smallest absolute Gasteiger partial charge is 0.321 e. The van der Waals surface area contributed by atoms with Gasteiger partial charge < -0.3 is 20.9 Å². The molecule has 6 heteroatoms. The second-order valence-corrected chi connectivity index (χ2v) is 4.33. The Balaban J connectivity index is 2.80. The highest BCUT2D eigenvalue weighted by Gasteiger charge is 2.17. The number of carbonyl (C=O) groups excluding carboxylic acids is 1. The van der Waals surface area contributed by atoms with Crippen molar-refractivity contribution in [2.45, 2.75) is 26.3 Å². The first-order chi connectivity index (χ1) is 8.85. The first kappa shape index (κ1) is 15.0. The number of carboxylic acid groups (broad SMARTS) is 1. The molecule has 1 rings (SSSR count). The summed E-state index contributed by atoms with van der Waals surface area (Å²) in [7, 11) is 1.58. The lowest BCUT2D eigenvalue weighted by atomic mass is 10.1. The molecule has 0 radical (unpaired) electrons. The molecule has 0 heterocycles. The predicted octanol–water partition coefficient (Wildman–Crippen LogP) is 1.05. The molecule has 0 aliphatic heterocycles. The van der Waals surface area contributed by atoms with Crippen LogP contribution in [0, 0.1) is 13.8 Å². The minimum absolute atomic E-state index is 0.264. The van der Waals surface area contributed by atoms with Crippen LogP contribution in [0.4, 0.5) is 5.69 Å².